The molecule has 0 amide bonds. The molecule has 6 heteroatoms. The van der Waals surface area contributed by atoms with E-state index < -0.39 is 46.1 Å². The zero-order valence-corrected chi connectivity index (χ0v) is 17.7. The van der Waals surface area contributed by atoms with Crippen molar-refractivity contribution in [2.24, 2.45) is 28.6 Å². The second kappa shape index (κ2) is 5.67. The number of aliphatic hydroxyl groups excluding tert-OH is 2. The highest BCUT2D eigenvalue weighted by Crippen LogP contribution is 2.65. The summed E-state index contributed by atoms with van der Waals surface area (Å²) in [6.45, 7) is 11.2. The number of carbonyl (C=O) groups excluding carboxylic acids is 1. The molecule has 1 aliphatic heterocycles. The van der Waals surface area contributed by atoms with E-state index in [2.05, 4.69) is 0 Å². The van der Waals surface area contributed by atoms with Crippen LogP contribution >= 0.6 is 0 Å². The molecular formula is C22H34O6. The molecule has 6 nitrogen and oxygen atoms in total. The minimum atomic E-state index is -1.42. The van der Waals surface area contributed by atoms with Gasteiger partial charge in [-0.25, -0.2) is 0 Å². The average Bonchev–Trinajstić information content (AvgIpc) is 2.60. The van der Waals surface area contributed by atoms with Gasteiger partial charge in [0.05, 0.1) is 24.4 Å². The van der Waals surface area contributed by atoms with Crippen LogP contribution in [-0.2, 0) is 9.53 Å². The molecule has 9 unspecified atom stereocenters. The van der Waals surface area contributed by atoms with Crippen LogP contribution in [0.2, 0.25) is 0 Å². The molecule has 158 valence electrons. The predicted molar refractivity (Wildman–Crippen MR) is 102 cm³/mol. The lowest BCUT2D eigenvalue weighted by atomic mass is 9.41. The fourth-order valence-electron chi connectivity index (χ4n) is 7.30. The quantitative estimate of drug-likeness (QED) is 0.460. The zero-order valence-electron chi connectivity index (χ0n) is 17.7. The van der Waals surface area contributed by atoms with Gasteiger partial charge in [-0.15, -0.1) is 0 Å². The number of hydrogen-bond acceptors (Lipinski definition) is 6. The minimum Gasteiger partial charge on any atom is -0.389 e. The maximum absolute atomic E-state index is 13.8. The molecule has 0 aromatic carbocycles. The SMILES string of the molecule is CC1=C2C(O)C(=O)C3(C)C(C)CC4OCC4(O)C3C(C)C(O)(CC1O)C2(C)C. The van der Waals surface area contributed by atoms with Crippen LogP contribution in [0.5, 0.6) is 0 Å². The summed E-state index contributed by atoms with van der Waals surface area (Å²) in [7, 11) is 0. The number of hydrogen-bond donors (Lipinski definition) is 4. The van der Waals surface area contributed by atoms with E-state index in [1.807, 2.05) is 34.6 Å². The van der Waals surface area contributed by atoms with E-state index in [9.17, 15) is 25.2 Å². The molecule has 0 radical (unpaired) electrons. The first-order valence-corrected chi connectivity index (χ1v) is 10.4. The molecule has 0 aromatic heterocycles. The second-order valence-corrected chi connectivity index (χ2v) is 10.6. The van der Waals surface area contributed by atoms with E-state index in [-0.39, 0.29) is 30.8 Å². The topological polar surface area (TPSA) is 107 Å². The van der Waals surface area contributed by atoms with E-state index in [0.29, 0.717) is 17.6 Å². The van der Waals surface area contributed by atoms with Gasteiger partial charge in [0, 0.05) is 23.2 Å². The second-order valence-electron chi connectivity index (χ2n) is 10.6. The van der Waals surface area contributed by atoms with Crippen LogP contribution in [-0.4, -0.2) is 62.3 Å². The van der Waals surface area contributed by atoms with Crippen LogP contribution in [0.4, 0.5) is 0 Å². The van der Waals surface area contributed by atoms with Crippen molar-refractivity contribution in [3.05, 3.63) is 11.1 Å². The Bertz CT molecular complexity index is 758. The highest BCUT2D eigenvalue weighted by Gasteiger charge is 2.73. The summed E-state index contributed by atoms with van der Waals surface area (Å²) < 4.78 is 5.65. The molecule has 1 heterocycles. The number of fused-ring (bicyclic) bond motifs is 5. The summed E-state index contributed by atoms with van der Waals surface area (Å²) >= 11 is 0. The molecule has 4 N–H and O–H groups in total. The Kier molecular flexibility index (Phi) is 4.15. The van der Waals surface area contributed by atoms with Crippen molar-refractivity contribution >= 4 is 5.78 Å². The van der Waals surface area contributed by atoms with Gasteiger partial charge in [-0.1, -0.05) is 34.6 Å². The van der Waals surface area contributed by atoms with Gasteiger partial charge < -0.3 is 25.2 Å². The Hall–Kier alpha value is -0.790. The van der Waals surface area contributed by atoms with Gasteiger partial charge in [-0.3, -0.25) is 4.79 Å². The fourth-order valence-corrected chi connectivity index (χ4v) is 7.30. The summed E-state index contributed by atoms with van der Waals surface area (Å²) in [4.78, 5) is 13.8. The highest BCUT2D eigenvalue weighted by molar-refractivity contribution is 5.93. The van der Waals surface area contributed by atoms with Crippen LogP contribution in [0, 0.1) is 28.6 Å². The van der Waals surface area contributed by atoms with Crippen LogP contribution in [0.15, 0.2) is 11.1 Å². The molecule has 4 aliphatic rings. The van der Waals surface area contributed by atoms with Crippen molar-refractivity contribution in [3.8, 4) is 0 Å². The molecule has 0 aromatic rings. The number of ketones is 1. The largest absolute Gasteiger partial charge is 0.389 e. The Balaban J connectivity index is 2.01. The number of carbonyl (C=O) groups is 1. The lowest BCUT2D eigenvalue weighted by molar-refractivity contribution is -0.329. The summed E-state index contributed by atoms with van der Waals surface area (Å²) in [5.41, 5.74) is -3.55. The Morgan fingerprint density at radius 3 is 2.25 bits per heavy atom. The number of Topliss-reactive ketones (excluding diaryl/α,β-unsaturated/α-hetero) is 1. The molecule has 3 aliphatic carbocycles. The van der Waals surface area contributed by atoms with Crippen molar-refractivity contribution in [1.29, 1.82) is 0 Å². The number of ether oxygens (including phenoxy) is 1. The molecular weight excluding hydrogens is 360 g/mol. The lowest BCUT2D eigenvalue weighted by Crippen LogP contribution is -2.77. The normalized spacial score (nSPS) is 55.6. The standard InChI is InChI=1S/C22H34O6/c1-10-7-14-21(26,9-28-14)17-12(3)22(27)8-13(23)11(2)15(19(22,4)5)16(24)18(25)20(10,17)6/h10,12-14,16-17,23-24,26-27H,7-9H2,1-6H3. The van der Waals surface area contributed by atoms with Gasteiger partial charge in [0.25, 0.3) is 0 Å². The van der Waals surface area contributed by atoms with Crippen molar-refractivity contribution in [2.45, 2.75) is 83.9 Å². The Morgan fingerprint density at radius 1 is 1.11 bits per heavy atom. The van der Waals surface area contributed by atoms with Gasteiger partial charge in [0.15, 0.2) is 5.78 Å². The molecule has 3 fully saturated rings. The van der Waals surface area contributed by atoms with Crippen molar-refractivity contribution in [3.63, 3.8) is 0 Å². The first-order valence-electron chi connectivity index (χ1n) is 10.4. The van der Waals surface area contributed by atoms with E-state index in [1.54, 1.807) is 6.92 Å². The third-order valence-corrected chi connectivity index (χ3v) is 9.34. The molecule has 2 bridgehead atoms. The first-order chi connectivity index (χ1) is 12.7. The monoisotopic (exact) mass is 394 g/mol. The first kappa shape index (κ1) is 20.5. The number of rotatable bonds is 0. The van der Waals surface area contributed by atoms with Crippen LogP contribution in [0.1, 0.15) is 54.4 Å². The van der Waals surface area contributed by atoms with E-state index in [0.717, 1.165) is 0 Å². The van der Waals surface area contributed by atoms with E-state index >= 15 is 0 Å². The summed E-state index contributed by atoms with van der Waals surface area (Å²) in [6, 6.07) is 0. The van der Waals surface area contributed by atoms with Crippen molar-refractivity contribution in [2.75, 3.05) is 6.61 Å². The fraction of sp³-hybridized carbons (Fsp3) is 0.864. The van der Waals surface area contributed by atoms with Crippen molar-refractivity contribution in [1.82, 2.24) is 0 Å². The third-order valence-electron chi connectivity index (χ3n) is 9.34. The van der Waals surface area contributed by atoms with Gasteiger partial charge >= 0.3 is 0 Å². The molecule has 0 spiro atoms. The molecule has 28 heavy (non-hydrogen) atoms. The van der Waals surface area contributed by atoms with E-state index in [4.69, 9.17) is 4.74 Å². The van der Waals surface area contributed by atoms with Crippen LogP contribution in [0.25, 0.3) is 0 Å². The van der Waals surface area contributed by atoms with Gasteiger partial charge in [0.2, 0.25) is 0 Å². The van der Waals surface area contributed by atoms with Crippen molar-refractivity contribution < 1.29 is 30.0 Å². The predicted octanol–water partition coefficient (Wildman–Crippen LogP) is 1.20. The molecule has 1 saturated heterocycles. The molecule has 4 rings (SSSR count). The Morgan fingerprint density at radius 2 is 1.71 bits per heavy atom. The van der Waals surface area contributed by atoms with Crippen LogP contribution in [0.3, 0.4) is 0 Å². The molecule has 9 atom stereocenters. The maximum Gasteiger partial charge on any atom is 0.172 e. The smallest absolute Gasteiger partial charge is 0.172 e. The van der Waals surface area contributed by atoms with E-state index in [1.165, 1.54) is 0 Å². The zero-order chi connectivity index (χ0) is 21.0. The average molecular weight is 395 g/mol. The van der Waals surface area contributed by atoms with Gasteiger partial charge in [-0.05, 0) is 36.3 Å². The number of aliphatic hydroxyl groups is 4. The summed E-state index contributed by atoms with van der Waals surface area (Å²) in [5, 5.41) is 45.5. The van der Waals surface area contributed by atoms with Gasteiger partial charge in [-0.2, -0.15) is 0 Å². The Labute approximate surface area is 166 Å². The summed E-state index contributed by atoms with van der Waals surface area (Å²) in [6.07, 6.45) is -2.08. The van der Waals surface area contributed by atoms with Crippen LogP contribution < -0.4 is 0 Å². The lowest BCUT2D eigenvalue weighted by Gasteiger charge is -2.67. The van der Waals surface area contributed by atoms with Gasteiger partial charge in [0.1, 0.15) is 11.7 Å². The summed E-state index contributed by atoms with van der Waals surface area (Å²) in [5.74, 6) is -1.51. The third kappa shape index (κ3) is 2.04. The highest BCUT2D eigenvalue weighted by atomic mass is 16.6. The maximum atomic E-state index is 13.8. The minimum absolute atomic E-state index is 0.111. The molecule has 2 saturated carbocycles.